The van der Waals surface area contributed by atoms with E-state index in [4.69, 9.17) is 10.5 Å². The van der Waals surface area contributed by atoms with Gasteiger partial charge in [-0.05, 0) is 61.1 Å². The van der Waals surface area contributed by atoms with E-state index in [2.05, 4.69) is 37.7 Å². The van der Waals surface area contributed by atoms with Gasteiger partial charge >= 0.3 is 0 Å². The summed E-state index contributed by atoms with van der Waals surface area (Å²) in [6.07, 6.45) is 5.95. The lowest BCUT2D eigenvalue weighted by Gasteiger charge is -2.26. The zero-order valence-electron chi connectivity index (χ0n) is 16.5. The number of nitrogens with two attached hydrogens (primary N) is 1. The Morgan fingerprint density at radius 2 is 2.08 bits per heavy atom. The number of ether oxygens (including phenoxy) is 1. The molecule has 0 saturated carbocycles. The summed E-state index contributed by atoms with van der Waals surface area (Å²) in [6.45, 7) is 11.5. The molecule has 4 atom stereocenters. The van der Waals surface area contributed by atoms with Crippen molar-refractivity contribution in [2.45, 2.75) is 45.7 Å². The Labute approximate surface area is 157 Å². The zero-order chi connectivity index (χ0) is 19.1. The Balaban J connectivity index is 2.13. The number of pyridine rings is 1. The van der Waals surface area contributed by atoms with Crippen LogP contribution >= 0.6 is 0 Å². The SMILES string of the molecule is C=C[C@@H](C)C(C)CCN[C@H](CC)[C@H](N)c1ccnc2ccc(OC)cc12. The van der Waals surface area contributed by atoms with Crippen LogP contribution in [0.1, 0.15) is 45.2 Å². The number of hydrogen-bond donors (Lipinski definition) is 2. The second-order valence-electron chi connectivity index (χ2n) is 7.14. The summed E-state index contributed by atoms with van der Waals surface area (Å²) in [6, 6.07) is 8.10. The number of nitrogens with zero attached hydrogens (tertiary/aromatic N) is 1. The van der Waals surface area contributed by atoms with Crippen molar-refractivity contribution >= 4 is 10.9 Å². The van der Waals surface area contributed by atoms with Gasteiger partial charge < -0.3 is 15.8 Å². The van der Waals surface area contributed by atoms with Gasteiger partial charge in [0.25, 0.3) is 0 Å². The van der Waals surface area contributed by atoms with Crippen LogP contribution in [0, 0.1) is 11.8 Å². The lowest BCUT2D eigenvalue weighted by atomic mass is 9.92. The molecular formula is C22H33N3O. The quantitative estimate of drug-likeness (QED) is 0.618. The number of methoxy groups -OCH3 is 1. The molecule has 0 aliphatic carbocycles. The number of aromatic nitrogens is 1. The Bertz CT molecular complexity index is 716. The maximum atomic E-state index is 6.66. The first kappa shape index (κ1) is 20.4. The second-order valence-corrected chi connectivity index (χ2v) is 7.14. The average molecular weight is 356 g/mol. The Kier molecular flexibility index (Phi) is 7.61. The zero-order valence-corrected chi connectivity index (χ0v) is 16.5. The monoisotopic (exact) mass is 355 g/mol. The fourth-order valence-corrected chi connectivity index (χ4v) is 3.30. The highest BCUT2D eigenvalue weighted by atomic mass is 16.5. The molecule has 4 heteroatoms. The van der Waals surface area contributed by atoms with Gasteiger partial charge in [-0.15, -0.1) is 6.58 Å². The maximum absolute atomic E-state index is 6.66. The minimum Gasteiger partial charge on any atom is -0.497 e. The summed E-state index contributed by atoms with van der Waals surface area (Å²) >= 11 is 0. The van der Waals surface area contributed by atoms with E-state index in [9.17, 15) is 0 Å². The van der Waals surface area contributed by atoms with E-state index in [0.29, 0.717) is 11.8 Å². The van der Waals surface area contributed by atoms with Crippen molar-refractivity contribution in [2.24, 2.45) is 17.6 Å². The number of allylic oxidation sites excluding steroid dienone is 1. The van der Waals surface area contributed by atoms with Crippen molar-refractivity contribution in [3.8, 4) is 5.75 Å². The van der Waals surface area contributed by atoms with Gasteiger partial charge in [-0.3, -0.25) is 4.98 Å². The third-order valence-electron chi connectivity index (χ3n) is 5.49. The molecule has 1 aromatic heterocycles. The van der Waals surface area contributed by atoms with E-state index < -0.39 is 0 Å². The van der Waals surface area contributed by atoms with Gasteiger partial charge in [0, 0.05) is 23.7 Å². The van der Waals surface area contributed by atoms with E-state index in [0.717, 1.165) is 41.6 Å². The summed E-state index contributed by atoms with van der Waals surface area (Å²) in [5, 5.41) is 4.72. The topological polar surface area (TPSA) is 60.2 Å². The van der Waals surface area contributed by atoms with Crippen LogP contribution in [0.2, 0.25) is 0 Å². The molecule has 142 valence electrons. The number of rotatable bonds is 10. The third kappa shape index (κ3) is 4.83. The summed E-state index contributed by atoms with van der Waals surface area (Å²) in [5.74, 6) is 1.97. The predicted octanol–water partition coefficient (Wildman–Crippen LogP) is 4.46. The highest BCUT2D eigenvalue weighted by Crippen LogP contribution is 2.28. The van der Waals surface area contributed by atoms with Crippen molar-refractivity contribution in [3.63, 3.8) is 0 Å². The molecule has 0 spiro atoms. The molecule has 4 nitrogen and oxygen atoms in total. The van der Waals surface area contributed by atoms with Gasteiger partial charge in [0.05, 0.1) is 12.6 Å². The van der Waals surface area contributed by atoms with E-state index >= 15 is 0 Å². The van der Waals surface area contributed by atoms with Crippen molar-refractivity contribution in [1.29, 1.82) is 0 Å². The molecule has 1 aromatic carbocycles. The van der Waals surface area contributed by atoms with Crippen molar-refractivity contribution < 1.29 is 4.74 Å². The molecular weight excluding hydrogens is 322 g/mol. The van der Waals surface area contributed by atoms with Crippen LogP contribution < -0.4 is 15.8 Å². The van der Waals surface area contributed by atoms with Gasteiger partial charge in [0.1, 0.15) is 5.75 Å². The third-order valence-corrected chi connectivity index (χ3v) is 5.49. The van der Waals surface area contributed by atoms with Crippen LogP contribution in [0.5, 0.6) is 5.75 Å². The maximum Gasteiger partial charge on any atom is 0.119 e. The second kappa shape index (κ2) is 9.70. The molecule has 3 N–H and O–H groups in total. The minimum absolute atomic E-state index is 0.0928. The Morgan fingerprint density at radius 3 is 2.73 bits per heavy atom. The van der Waals surface area contributed by atoms with Crippen LogP contribution in [0.3, 0.4) is 0 Å². The number of fused-ring (bicyclic) bond motifs is 1. The lowest BCUT2D eigenvalue weighted by molar-refractivity contribution is 0.371. The summed E-state index contributed by atoms with van der Waals surface area (Å²) in [7, 11) is 1.68. The fourth-order valence-electron chi connectivity index (χ4n) is 3.30. The molecule has 0 saturated heterocycles. The van der Waals surface area contributed by atoms with E-state index in [1.54, 1.807) is 7.11 Å². The normalized spacial score (nSPS) is 16.0. The van der Waals surface area contributed by atoms with Gasteiger partial charge in [0.2, 0.25) is 0 Å². The van der Waals surface area contributed by atoms with E-state index in [1.807, 2.05) is 36.5 Å². The molecule has 1 heterocycles. The Hall–Kier alpha value is -1.91. The van der Waals surface area contributed by atoms with Crippen LogP contribution in [0.15, 0.2) is 43.1 Å². The first-order chi connectivity index (χ1) is 12.5. The average Bonchev–Trinajstić information content (AvgIpc) is 2.68. The van der Waals surface area contributed by atoms with Gasteiger partial charge in [-0.2, -0.15) is 0 Å². The molecule has 0 aliphatic rings. The largest absolute Gasteiger partial charge is 0.497 e. The van der Waals surface area contributed by atoms with Crippen molar-refractivity contribution in [2.75, 3.05) is 13.7 Å². The van der Waals surface area contributed by atoms with Crippen molar-refractivity contribution in [1.82, 2.24) is 10.3 Å². The van der Waals surface area contributed by atoms with Gasteiger partial charge in [-0.1, -0.05) is 26.8 Å². The van der Waals surface area contributed by atoms with Gasteiger partial charge in [0.15, 0.2) is 0 Å². The number of nitrogens with one attached hydrogen (secondary N) is 1. The van der Waals surface area contributed by atoms with Crippen LogP contribution in [0.4, 0.5) is 0 Å². The Morgan fingerprint density at radius 1 is 1.31 bits per heavy atom. The molecule has 0 amide bonds. The molecule has 0 radical (unpaired) electrons. The molecule has 0 aliphatic heterocycles. The first-order valence-electron chi connectivity index (χ1n) is 9.56. The predicted molar refractivity (Wildman–Crippen MR) is 110 cm³/mol. The molecule has 1 unspecified atom stereocenters. The smallest absolute Gasteiger partial charge is 0.119 e. The van der Waals surface area contributed by atoms with E-state index in [1.165, 1.54) is 0 Å². The minimum atomic E-state index is -0.0928. The van der Waals surface area contributed by atoms with Crippen LogP contribution in [-0.4, -0.2) is 24.7 Å². The molecule has 2 aromatic rings. The molecule has 0 fully saturated rings. The van der Waals surface area contributed by atoms with Gasteiger partial charge in [-0.25, -0.2) is 0 Å². The number of benzene rings is 1. The summed E-state index contributed by atoms with van der Waals surface area (Å²) < 4.78 is 5.38. The molecule has 2 rings (SSSR count). The molecule has 26 heavy (non-hydrogen) atoms. The summed E-state index contributed by atoms with van der Waals surface area (Å²) in [4.78, 5) is 4.46. The van der Waals surface area contributed by atoms with Crippen molar-refractivity contribution in [3.05, 3.63) is 48.7 Å². The molecule has 0 bridgehead atoms. The fraction of sp³-hybridized carbons (Fsp3) is 0.500. The summed E-state index contributed by atoms with van der Waals surface area (Å²) in [5.41, 5.74) is 8.72. The first-order valence-corrected chi connectivity index (χ1v) is 9.56. The van der Waals surface area contributed by atoms with Crippen LogP contribution in [0.25, 0.3) is 10.9 Å². The highest BCUT2D eigenvalue weighted by molar-refractivity contribution is 5.84. The number of hydrogen-bond acceptors (Lipinski definition) is 4. The standard InChI is InChI=1S/C22H33N3O/c1-6-15(3)16(4)10-12-24-20(7-2)22(23)18-11-13-25-21-9-8-17(26-5)14-19(18)21/h6,8-9,11,13-16,20,22,24H,1,7,10,12,23H2,2-5H3/t15-,16?,20-,22-/m1/s1. The highest BCUT2D eigenvalue weighted by Gasteiger charge is 2.20. The lowest BCUT2D eigenvalue weighted by Crippen LogP contribution is -2.39. The van der Waals surface area contributed by atoms with Crippen LogP contribution in [-0.2, 0) is 0 Å². The van der Waals surface area contributed by atoms with E-state index in [-0.39, 0.29) is 12.1 Å².